The summed E-state index contributed by atoms with van der Waals surface area (Å²) >= 11 is 0. The number of amides is 1. The second-order valence-electron chi connectivity index (χ2n) is 4.53. The number of fused-ring (bicyclic) bond motifs is 1. The molecule has 0 aliphatic carbocycles. The van der Waals surface area contributed by atoms with Gasteiger partial charge in [-0.05, 0) is 30.2 Å². The first kappa shape index (κ1) is 13.9. The van der Waals surface area contributed by atoms with E-state index in [-0.39, 0.29) is 0 Å². The lowest BCUT2D eigenvalue weighted by Gasteiger charge is -2.20. The van der Waals surface area contributed by atoms with E-state index in [1.807, 2.05) is 6.07 Å². The molecule has 1 amide bonds. The van der Waals surface area contributed by atoms with Gasteiger partial charge in [0.1, 0.15) is 0 Å². The monoisotopic (exact) mass is 272 g/mol. The molecule has 0 bridgehead atoms. The van der Waals surface area contributed by atoms with Crippen molar-refractivity contribution in [2.45, 2.75) is 32.0 Å². The van der Waals surface area contributed by atoms with Gasteiger partial charge in [0.25, 0.3) is 0 Å². The molecule has 19 heavy (non-hydrogen) atoms. The first-order valence-electron chi connectivity index (χ1n) is 6.14. The van der Waals surface area contributed by atoms with E-state index in [2.05, 4.69) is 10.6 Å². The Hall–Kier alpha value is -1.56. The maximum atomic E-state index is 12.0. The van der Waals surface area contributed by atoms with Gasteiger partial charge in [0.2, 0.25) is 5.91 Å². The van der Waals surface area contributed by atoms with Gasteiger partial charge in [-0.3, -0.25) is 4.79 Å². The number of carbonyl (C=O) groups excluding carboxylic acids is 1. The van der Waals surface area contributed by atoms with Gasteiger partial charge < -0.3 is 10.6 Å². The molecule has 1 aromatic rings. The van der Waals surface area contributed by atoms with Crippen LogP contribution in [-0.4, -0.2) is 18.6 Å². The van der Waals surface area contributed by atoms with E-state index >= 15 is 0 Å². The van der Waals surface area contributed by atoms with Crippen molar-refractivity contribution in [3.8, 4) is 0 Å². The van der Waals surface area contributed by atoms with E-state index < -0.39 is 24.9 Å². The molecule has 1 aliphatic rings. The fraction of sp³-hybridized carbons (Fsp3) is 0.462. The zero-order chi connectivity index (χ0) is 13.9. The number of hydrogen-bond donors (Lipinski definition) is 2. The van der Waals surface area contributed by atoms with Crippen molar-refractivity contribution in [3.63, 3.8) is 0 Å². The molecule has 1 aromatic carbocycles. The van der Waals surface area contributed by atoms with Gasteiger partial charge in [0.05, 0.1) is 6.42 Å². The highest BCUT2D eigenvalue weighted by atomic mass is 19.4. The van der Waals surface area contributed by atoms with Crippen molar-refractivity contribution in [3.05, 3.63) is 29.3 Å². The molecule has 0 saturated heterocycles. The van der Waals surface area contributed by atoms with E-state index in [4.69, 9.17) is 0 Å². The third kappa shape index (κ3) is 3.96. The molecule has 2 N–H and O–H groups in total. The van der Waals surface area contributed by atoms with E-state index in [1.165, 1.54) is 0 Å². The second-order valence-corrected chi connectivity index (χ2v) is 4.53. The summed E-state index contributed by atoms with van der Waals surface area (Å²) < 4.78 is 36.1. The number of anilines is 1. The first-order valence-corrected chi connectivity index (χ1v) is 6.14. The Labute approximate surface area is 109 Å². The van der Waals surface area contributed by atoms with Gasteiger partial charge in [-0.2, -0.15) is 13.2 Å². The predicted octanol–water partition coefficient (Wildman–Crippen LogP) is 2.61. The summed E-state index contributed by atoms with van der Waals surface area (Å²) in [6, 6.07) is 5.48. The molecule has 1 heterocycles. The summed E-state index contributed by atoms with van der Waals surface area (Å²) in [5.74, 6) is -0.593. The standard InChI is InChI=1S/C13H15F3N2O/c14-13(15,16)6-4-12(19)18-11-3-1-2-9-8-17-7-5-10(9)11/h1-3,17H,4-8H2,(H,18,19). The SMILES string of the molecule is O=C(CCC(F)(F)F)Nc1cccc2c1CCNC2. The fourth-order valence-electron chi connectivity index (χ4n) is 2.12. The van der Waals surface area contributed by atoms with Crippen LogP contribution in [0.1, 0.15) is 24.0 Å². The van der Waals surface area contributed by atoms with Crippen molar-refractivity contribution >= 4 is 11.6 Å². The molecule has 0 radical (unpaired) electrons. The molecular formula is C13H15F3N2O. The van der Waals surface area contributed by atoms with Crippen LogP contribution >= 0.6 is 0 Å². The number of hydrogen-bond acceptors (Lipinski definition) is 2. The minimum Gasteiger partial charge on any atom is -0.326 e. The lowest BCUT2D eigenvalue weighted by atomic mass is 9.99. The molecule has 1 aliphatic heterocycles. The molecule has 3 nitrogen and oxygen atoms in total. The fourth-order valence-corrected chi connectivity index (χ4v) is 2.12. The van der Waals surface area contributed by atoms with Crippen LogP contribution in [-0.2, 0) is 17.8 Å². The molecule has 0 spiro atoms. The lowest BCUT2D eigenvalue weighted by molar-refractivity contribution is -0.142. The Kier molecular flexibility index (Phi) is 4.09. The van der Waals surface area contributed by atoms with Crippen molar-refractivity contribution in [1.29, 1.82) is 0 Å². The number of rotatable bonds is 3. The maximum absolute atomic E-state index is 12.0. The van der Waals surface area contributed by atoms with Crippen LogP contribution in [0.5, 0.6) is 0 Å². The zero-order valence-corrected chi connectivity index (χ0v) is 10.3. The molecule has 104 valence electrons. The molecule has 0 saturated carbocycles. The second kappa shape index (κ2) is 5.61. The lowest BCUT2D eigenvalue weighted by Crippen LogP contribution is -2.25. The Morgan fingerprint density at radius 3 is 2.89 bits per heavy atom. The highest BCUT2D eigenvalue weighted by Gasteiger charge is 2.28. The number of carbonyl (C=O) groups is 1. The van der Waals surface area contributed by atoms with Crippen molar-refractivity contribution < 1.29 is 18.0 Å². The van der Waals surface area contributed by atoms with Crippen molar-refractivity contribution in [2.75, 3.05) is 11.9 Å². The minimum atomic E-state index is -4.29. The average Bonchev–Trinajstić information content (AvgIpc) is 2.36. The summed E-state index contributed by atoms with van der Waals surface area (Å²) in [5.41, 5.74) is 2.73. The molecule has 0 aromatic heterocycles. The van der Waals surface area contributed by atoms with E-state index in [9.17, 15) is 18.0 Å². The highest BCUT2D eigenvalue weighted by Crippen LogP contribution is 2.25. The van der Waals surface area contributed by atoms with Gasteiger partial charge in [-0.15, -0.1) is 0 Å². The molecular weight excluding hydrogens is 257 g/mol. The summed E-state index contributed by atoms with van der Waals surface area (Å²) in [5, 5.41) is 5.78. The van der Waals surface area contributed by atoms with Gasteiger partial charge in [-0.1, -0.05) is 12.1 Å². The highest BCUT2D eigenvalue weighted by molar-refractivity contribution is 5.91. The first-order chi connectivity index (χ1) is 8.96. The summed E-state index contributed by atoms with van der Waals surface area (Å²) in [6.45, 7) is 1.53. The van der Waals surface area contributed by atoms with E-state index in [0.717, 1.165) is 30.6 Å². The van der Waals surface area contributed by atoms with Gasteiger partial charge >= 0.3 is 6.18 Å². The molecule has 0 unspecified atom stereocenters. The van der Waals surface area contributed by atoms with Crippen molar-refractivity contribution in [2.24, 2.45) is 0 Å². The quantitative estimate of drug-likeness (QED) is 0.888. The van der Waals surface area contributed by atoms with Gasteiger partial charge in [0.15, 0.2) is 0 Å². The summed E-state index contributed by atoms with van der Waals surface area (Å²) in [7, 11) is 0. The maximum Gasteiger partial charge on any atom is 0.389 e. The minimum absolute atomic E-state index is 0.536. The molecule has 0 atom stereocenters. The van der Waals surface area contributed by atoms with Gasteiger partial charge in [0, 0.05) is 18.7 Å². The van der Waals surface area contributed by atoms with Crippen molar-refractivity contribution in [1.82, 2.24) is 5.32 Å². The molecule has 0 fully saturated rings. The van der Waals surface area contributed by atoms with Crippen LogP contribution in [0, 0.1) is 0 Å². The number of alkyl halides is 3. The predicted molar refractivity (Wildman–Crippen MR) is 65.8 cm³/mol. The van der Waals surface area contributed by atoms with E-state index in [1.54, 1.807) is 12.1 Å². The van der Waals surface area contributed by atoms with E-state index in [0.29, 0.717) is 5.69 Å². The third-order valence-corrected chi connectivity index (χ3v) is 3.05. The Bertz CT molecular complexity index is 471. The van der Waals surface area contributed by atoms with Crippen LogP contribution in [0.15, 0.2) is 18.2 Å². The topological polar surface area (TPSA) is 41.1 Å². The molecule has 6 heteroatoms. The normalized spacial score (nSPS) is 14.9. The summed E-state index contributed by atoms with van der Waals surface area (Å²) in [4.78, 5) is 11.5. The largest absolute Gasteiger partial charge is 0.389 e. The van der Waals surface area contributed by atoms with Crippen LogP contribution in [0.4, 0.5) is 18.9 Å². The zero-order valence-electron chi connectivity index (χ0n) is 10.3. The smallest absolute Gasteiger partial charge is 0.326 e. The average molecular weight is 272 g/mol. The van der Waals surface area contributed by atoms with Crippen LogP contribution in [0.25, 0.3) is 0 Å². The Balaban J connectivity index is 2.01. The number of benzene rings is 1. The Morgan fingerprint density at radius 2 is 2.16 bits per heavy atom. The Morgan fingerprint density at radius 1 is 1.37 bits per heavy atom. The number of nitrogens with one attached hydrogen (secondary N) is 2. The van der Waals surface area contributed by atoms with Crippen LogP contribution in [0.3, 0.4) is 0 Å². The number of halogens is 3. The van der Waals surface area contributed by atoms with Crippen LogP contribution < -0.4 is 10.6 Å². The van der Waals surface area contributed by atoms with Crippen LogP contribution in [0.2, 0.25) is 0 Å². The summed E-state index contributed by atoms with van der Waals surface area (Å²) in [6.07, 6.45) is -5.15. The molecule has 2 rings (SSSR count). The van der Waals surface area contributed by atoms with Gasteiger partial charge in [-0.25, -0.2) is 0 Å². The third-order valence-electron chi connectivity index (χ3n) is 3.05.